The molecule has 0 atom stereocenters. The van der Waals surface area contributed by atoms with Crippen LogP contribution in [0.5, 0.6) is 0 Å². The van der Waals surface area contributed by atoms with E-state index in [1.165, 1.54) is 5.56 Å². The number of esters is 3. The van der Waals surface area contributed by atoms with Crippen LogP contribution in [0.15, 0.2) is 121 Å². The molecule has 2 aliphatic rings. The first-order chi connectivity index (χ1) is 34.6. The molecule has 0 aliphatic carbocycles. The lowest BCUT2D eigenvalue weighted by Crippen LogP contribution is -2.17. The van der Waals surface area contributed by atoms with Crippen molar-refractivity contribution in [3.8, 4) is 44.5 Å². The van der Waals surface area contributed by atoms with E-state index in [0.29, 0.717) is 5.56 Å². The predicted molar refractivity (Wildman–Crippen MR) is 279 cm³/mol. The van der Waals surface area contributed by atoms with E-state index in [4.69, 9.17) is 33.7 Å². The summed E-state index contributed by atoms with van der Waals surface area (Å²) in [7, 11) is 0. The van der Waals surface area contributed by atoms with E-state index in [1.54, 1.807) is 19.1 Å². The van der Waals surface area contributed by atoms with Gasteiger partial charge in [0.05, 0.1) is 61.4 Å². The molecule has 5 heterocycles. The number of benzene rings is 4. The second-order valence-electron chi connectivity index (χ2n) is 17.2. The molecule has 358 valence electrons. The van der Waals surface area contributed by atoms with Crippen LogP contribution in [0.1, 0.15) is 63.2 Å². The number of fused-ring (bicyclic) bond motifs is 8. The fraction of sp³-hybridized carbons (Fsp3) is 0.203. The number of carbonyl (C=O) groups excluding carboxylic acids is 3. The number of carbonyl (C=O) groups is 3. The number of hydrogen-bond donors (Lipinski definition) is 2. The Morgan fingerprint density at radius 2 is 0.732 bits per heavy atom. The molecule has 0 amide bonds. The summed E-state index contributed by atoms with van der Waals surface area (Å²) in [5, 5.41) is 0. The van der Waals surface area contributed by atoms with E-state index in [1.807, 2.05) is 12.1 Å². The van der Waals surface area contributed by atoms with E-state index in [2.05, 4.69) is 152 Å². The van der Waals surface area contributed by atoms with E-state index in [0.717, 1.165) is 100 Å². The maximum absolute atomic E-state index is 13.3. The monoisotopic (exact) mass is 946 g/mol. The number of aromatic nitrogens is 4. The SMILES string of the molecule is CCOC(=O)CC(=O)OCCOCCOCCOC(=O)c1ccc(-c2c3nc(c(-c4ccc(C)cc4)c4ccc([nH]4)c(-c4ccc(C)cc4)c4nc(c(-c5ccc(C)cc5)c5ccc2[nH]5)C=C4)C=C3)cc1. The summed E-state index contributed by atoms with van der Waals surface area (Å²) in [6.07, 6.45) is 7.89. The van der Waals surface area contributed by atoms with Crippen LogP contribution in [0.25, 0.3) is 90.9 Å². The van der Waals surface area contributed by atoms with Gasteiger partial charge in [0.15, 0.2) is 0 Å². The van der Waals surface area contributed by atoms with Crippen LogP contribution in [0.3, 0.4) is 0 Å². The van der Waals surface area contributed by atoms with Crippen LogP contribution in [-0.2, 0) is 33.3 Å². The first-order valence-corrected chi connectivity index (χ1v) is 23.7. The number of aryl methyl sites for hydroxylation is 3. The van der Waals surface area contributed by atoms with Gasteiger partial charge >= 0.3 is 17.9 Å². The Hall–Kier alpha value is -8.19. The van der Waals surface area contributed by atoms with Crippen molar-refractivity contribution in [1.82, 2.24) is 19.9 Å². The van der Waals surface area contributed by atoms with Gasteiger partial charge in [-0.05, 0) is 111 Å². The van der Waals surface area contributed by atoms with Crippen molar-refractivity contribution < 1.29 is 38.1 Å². The zero-order valence-corrected chi connectivity index (χ0v) is 40.2. The Labute approximate surface area is 412 Å². The highest BCUT2D eigenvalue weighted by Crippen LogP contribution is 2.38. The van der Waals surface area contributed by atoms with E-state index >= 15 is 0 Å². The van der Waals surface area contributed by atoms with Gasteiger partial charge in [0, 0.05) is 44.3 Å². The number of nitrogens with zero attached hydrogens (tertiary/aromatic N) is 2. The fourth-order valence-electron chi connectivity index (χ4n) is 8.55. The summed E-state index contributed by atoms with van der Waals surface area (Å²) >= 11 is 0. The van der Waals surface area contributed by atoms with Crippen molar-refractivity contribution in [2.75, 3.05) is 46.2 Å². The molecule has 3 aromatic heterocycles. The number of hydrogen-bond acceptors (Lipinski definition) is 10. The Kier molecular flexibility index (Phi) is 14.9. The quantitative estimate of drug-likeness (QED) is 0.0390. The smallest absolute Gasteiger partial charge is 0.338 e. The van der Waals surface area contributed by atoms with Crippen LogP contribution in [0, 0.1) is 20.8 Å². The first-order valence-electron chi connectivity index (χ1n) is 23.7. The highest BCUT2D eigenvalue weighted by atomic mass is 16.6. The largest absolute Gasteiger partial charge is 0.466 e. The zero-order valence-electron chi connectivity index (χ0n) is 40.2. The molecule has 0 saturated carbocycles. The van der Waals surface area contributed by atoms with Crippen molar-refractivity contribution in [2.24, 2.45) is 0 Å². The summed E-state index contributed by atoms with van der Waals surface area (Å²) in [5.41, 5.74) is 18.4. The molecule has 8 bridgehead atoms. The van der Waals surface area contributed by atoms with Gasteiger partial charge < -0.3 is 33.7 Å². The molecule has 0 saturated heterocycles. The molecule has 12 heteroatoms. The second kappa shape index (κ2) is 22.1. The molecular formula is C59H54N4O8. The zero-order chi connectivity index (χ0) is 49.3. The third-order valence-corrected chi connectivity index (χ3v) is 12.1. The van der Waals surface area contributed by atoms with Gasteiger partial charge in [-0.1, -0.05) is 102 Å². The van der Waals surface area contributed by atoms with Gasteiger partial charge in [-0.2, -0.15) is 0 Å². The molecule has 71 heavy (non-hydrogen) atoms. The van der Waals surface area contributed by atoms with E-state index in [-0.39, 0.29) is 46.2 Å². The molecule has 7 aromatic rings. The minimum atomic E-state index is -0.672. The van der Waals surface area contributed by atoms with Crippen LogP contribution in [0.4, 0.5) is 0 Å². The summed E-state index contributed by atoms with van der Waals surface area (Å²) in [5.74, 6) is -1.78. The highest BCUT2D eigenvalue weighted by Gasteiger charge is 2.20. The van der Waals surface area contributed by atoms with Gasteiger partial charge in [0.1, 0.15) is 19.6 Å². The lowest BCUT2D eigenvalue weighted by Gasteiger charge is -2.09. The van der Waals surface area contributed by atoms with Gasteiger partial charge in [0.25, 0.3) is 0 Å². The maximum atomic E-state index is 13.3. The van der Waals surface area contributed by atoms with Crippen LogP contribution >= 0.6 is 0 Å². The van der Waals surface area contributed by atoms with Crippen molar-refractivity contribution in [3.05, 3.63) is 166 Å². The number of rotatable bonds is 17. The fourth-order valence-corrected chi connectivity index (χ4v) is 8.55. The van der Waals surface area contributed by atoms with Crippen molar-refractivity contribution in [3.63, 3.8) is 0 Å². The van der Waals surface area contributed by atoms with Gasteiger partial charge in [0.2, 0.25) is 0 Å². The van der Waals surface area contributed by atoms with Gasteiger partial charge in [-0.3, -0.25) is 9.59 Å². The molecule has 2 N–H and O–H groups in total. The summed E-state index contributed by atoms with van der Waals surface area (Å²) in [6.45, 7) is 8.98. The Bertz CT molecular complexity index is 3270. The Balaban J connectivity index is 1.05. The average molecular weight is 947 g/mol. The predicted octanol–water partition coefficient (Wildman–Crippen LogP) is 11.9. The first kappa shape index (κ1) is 47.9. The van der Waals surface area contributed by atoms with Crippen molar-refractivity contribution in [1.29, 1.82) is 0 Å². The number of ether oxygens (including phenoxy) is 5. The lowest BCUT2D eigenvalue weighted by molar-refractivity contribution is -0.155. The maximum Gasteiger partial charge on any atom is 0.338 e. The lowest BCUT2D eigenvalue weighted by atomic mass is 10.0. The van der Waals surface area contributed by atoms with Crippen LogP contribution < -0.4 is 0 Å². The molecule has 0 unspecified atom stereocenters. The molecule has 9 rings (SSSR count). The van der Waals surface area contributed by atoms with Gasteiger partial charge in [-0.25, -0.2) is 14.8 Å². The number of nitrogens with one attached hydrogen (secondary N) is 2. The average Bonchev–Trinajstić information content (AvgIpc) is 4.23. The van der Waals surface area contributed by atoms with Crippen LogP contribution in [-0.4, -0.2) is 84.1 Å². The topological polar surface area (TPSA) is 155 Å². The molecule has 0 radical (unpaired) electrons. The number of H-pyrrole nitrogens is 2. The number of aromatic amines is 2. The van der Waals surface area contributed by atoms with E-state index in [9.17, 15) is 14.4 Å². The molecule has 12 nitrogen and oxygen atoms in total. The molecule has 0 spiro atoms. The normalized spacial score (nSPS) is 11.7. The van der Waals surface area contributed by atoms with Crippen molar-refractivity contribution in [2.45, 2.75) is 34.1 Å². The molecule has 2 aliphatic heterocycles. The second-order valence-corrected chi connectivity index (χ2v) is 17.2. The molecular weight excluding hydrogens is 893 g/mol. The third kappa shape index (κ3) is 11.3. The van der Waals surface area contributed by atoms with Crippen LogP contribution in [0.2, 0.25) is 0 Å². The highest BCUT2D eigenvalue weighted by molar-refractivity contribution is 6.00. The molecule has 4 aromatic carbocycles. The summed E-state index contributed by atoms with van der Waals surface area (Å²) in [4.78, 5) is 54.7. The third-order valence-electron chi connectivity index (χ3n) is 12.1. The van der Waals surface area contributed by atoms with Gasteiger partial charge in [-0.15, -0.1) is 0 Å². The molecule has 0 fully saturated rings. The summed E-state index contributed by atoms with van der Waals surface area (Å²) < 4.78 is 26.2. The standard InChI is InChI=1S/C59H54N4O8/c1-5-69-53(64)36-54(65)70-34-32-67-30-31-68-33-35-71-59(66)44-20-18-43(19-21-44)58-51-28-26-49(62-51)56(41-14-8-38(3)9-15-41)47-24-22-45(60-47)55(40-12-6-37(2)7-13-40)46-23-25-48(61-46)57(50-27-29-52(58)63-50)42-16-10-39(4)11-17-42/h6-29,60,63H,5,30-36H2,1-4H3. The minimum Gasteiger partial charge on any atom is -0.466 e. The van der Waals surface area contributed by atoms with Crippen molar-refractivity contribution >= 4 is 64.3 Å². The van der Waals surface area contributed by atoms with E-state index < -0.39 is 24.3 Å². The Morgan fingerprint density at radius 1 is 0.408 bits per heavy atom. The minimum absolute atomic E-state index is 0.00311. The Morgan fingerprint density at radius 3 is 1.10 bits per heavy atom. The summed E-state index contributed by atoms with van der Waals surface area (Å²) in [6, 6.07) is 41.4.